The van der Waals surface area contributed by atoms with Gasteiger partial charge in [-0.2, -0.15) is 0 Å². The maximum absolute atomic E-state index is 5.64. The van der Waals surface area contributed by atoms with Crippen molar-refractivity contribution < 1.29 is 9.15 Å². The lowest BCUT2D eigenvalue weighted by molar-refractivity contribution is 0.411. The normalized spacial score (nSPS) is 12.4. The Hall–Kier alpha value is -1.88. The summed E-state index contributed by atoms with van der Waals surface area (Å²) >= 11 is 0. The molecule has 5 heteroatoms. The molecule has 1 heterocycles. The number of hydrogen-bond donors (Lipinski definition) is 1. The molecule has 5 nitrogen and oxygen atoms in total. The van der Waals surface area contributed by atoms with Crippen LogP contribution in [0.5, 0.6) is 5.75 Å². The lowest BCUT2D eigenvalue weighted by Gasteiger charge is -2.08. The highest BCUT2D eigenvalue weighted by Gasteiger charge is 2.12. The summed E-state index contributed by atoms with van der Waals surface area (Å²) in [6, 6.07) is 8.03. The molecule has 1 atom stereocenters. The van der Waals surface area contributed by atoms with E-state index in [1.165, 1.54) is 0 Å². The van der Waals surface area contributed by atoms with Gasteiger partial charge in [0.1, 0.15) is 5.75 Å². The van der Waals surface area contributed by atoms with Gasteiger partial charge in [0.2, 0.25) is 5.89 Å². The van der Waals surface area contributed by atoms with Gasteiger partial charge >= 0.3 is 0 Å². The van der Waals surface area contributed by atoms with Crippen LogP contribution >= 0.6 is 0 Å². The molecule has 2 aromatic rings. The van der Waals surface area contributed by atoms with Crippen LogP contribution in [0.15, 0.2) is 28.7 Å². The molecule has 1 aromatic carbocycles. The highest BCUT2D eigenvalue weighted by molar-refractivity contribution is 5.62. The maximum atomic E-state index is 5.64. The number of hydrogen-bond acceptors (Lipinski definition) is 5. The van der Waals surface area contributed by atoms with Crippen LogP contribution in [0, 0.1) is 0 Å². The van der Waals surface area contributed by atoms with E-state index in [0.29, 0.717) is 24.4 Å². The van der Waals surface area contributed by atoms with Gasteiger partial charge in [0.25, 0.3) is 5.89 Å². The van der Waals surface area contributed by atoms with E-state index in [-0.39, 0.29) is 0 Å². The van der Waals surface area contributed by atoms with E-state index in [1.54, 1.807) is 7.11 Å². The second-order valence-corrected chi connectivity index (χ2v) is 4.39. The first-order chi connectivity index (χ1) is 9.24. The SMILES string of the molecule is CCC(C)NCc1nnc(-c2ccccc2OC)o1. The molecule has 0 aliphatic heterocycles. The Morgan fingerprint density at radius 3 is 2.84 bits per heavy atom. The van der Waals surface area contributed by atoms with Crippen molar-refractivity contribution in [3.05, 3.63) is 30.2 Å². The van der Waals surface area contributed by atoms with Crippen molar-refractivity contribution in [2.24, 2.45) is 0 Å². The monoisotopic (exact) mass is 261 g/mol. The zero-order chi connectivity index (χ0) is 13.7. The van der Waals surface area contributed by atoms with Crippen molar-refractivity contribution in [3.63, 3.8) is 0 Å². The summed E-state index contributed by atoms with van der Waals surface area (Å²) in [6.45, 7) is 4.83. The van der Waals surface area contributed by atoms with Crippen molar-refractivity contribution in [3.8, 4) is 17.2 Å². The predicted molar refractivity (Wildman–Crippen MR) is 72.9 cm³/mol. The summed E-state index contributed by atoms with van der Waals surface area (Å²) in [5.74, 6) is 1.80. The first-order valence-electron chi connectivity index (χ1n) is 6.43. The van der Waals surface area contributed by atoms with E-state index >= 15 is 0 Å². The summed E-state index contributed by atoms with van der Waals surface area (Å²) in [4.78, 5) is 0. The third kappa shape index (κ3) is 3.32. The molecular formula is C14H19N3O2. The van der Waals surface area contributed by atoms with Gasteiger partial charge < -0.3 is 14.5 Å². The van der Waals surface area contributed by atoms with Crippen molar-refractivity contribution in [2.45, 2.75) is 32.9 Å². The minimum atomic E-state index is 0.432. The second-order valence-electron chi connectivity index (χ2n) is 4.39. The van der Waals surface area contributed by atoms with Gasteiger partial charge in [-0.15, -0.1) is 10.2 Å². The topological polar surface area (TPSA) is 60.2 Å². The van der Waals surface area contributed by atoms with E-state index in [1.807, 2.05) is 24.3 Å². The first-order valence-corrected chi connectivity index (χ1v) is 6.43. The summed E-state index contributed by atoms with van der Waals surface area (Å²) in [6.07, 6.45) is 1.06. The van der Waals surface area contributed by atoms with Crippen LogP contribution in [0.25, 0.3) is 11.5 Å². The largest absolute Gasteiger partial charge is 0.496 e. The summed E-state index contributed by atoms with van der Waals surface area (Å²) in [7, 11) is 1.63. The minimum Gasteiger partial charge on any atom is -0.496 e. The predicted octanol–water partition coefficient (Wildman–Crippen LogP) is 2.63. The van der Waals surface area contributed by atoms with Crippen LogP contribution in [0.4, 0.5) is 0 Å². The first kappa shape index (κ1) is 13.5. The van der Waals surface area contributed by atoms with Gasteiger partial charge in [0, 0.05) is 6.04 Å². The summed E-state index contributed by atoms with van der Waals surface area (Å²) < 4.78 is 10.9. The van der Waals surface area contributed by atoms with E-state index in [2.05, 4.69) is 29.4 Å². The number of nitrogens with one attached hydrogen (secondary N) is 1. The summed E-state index contributed by atoms with van der Waals surface area (Å²) in [5, 5.41) is 11.4. The Morgan fingerprint density at radius 2 is 2.11 bits per heavy atom. The quantitative estimate of drug-likeness (QED) is 0.866. The van der Waals surface area contributed by atoms with Gasteiger partial charge in [0.15, 0.2) is 0 Å². The number of para-hydroxylation sites is 1. The Labute approximate surface area is 113 Å². The van der Waals surface area contributed by atoms with Crippen LogP contribution in [-0.4, -0.2) is 23.3 Å². The van der Waals surface area contributed by atoms with E-state index in [0.717, 1.165) is 17.7 Å². The van der Waals surface area contributed by atoms with E-state index in [9.17, 15) is 0 Å². The van der Waals surface area contributed by atoms with Gasteiger partial charge in [-0.3, -0.25) is 0 Å². The van der Waals surface area contributed by atoms with Gasteiger partial charge in [-0.25, -0.2) is 0 Å². The number of ether oxygens (including phenoxy) is 1. The molecule has 19 heavy (non-hydrogen) atoms. The standard InChI is InChI=1S/C14H19N3O2/c1-4-10(2)15-9-13-16-17-14(19-13)11-7-5-6-8-12(11)18-3/h5-8,10,15H,4,9H2,1-3H3. The smallest absolute Gasteiger partial charge is 0.251 e. The Balaban J connectivity index is 2.12. The molecule has 1 N–H and O–H groups in total. The Morgan fingerprint density at radius 1 is 1.32 bits per heavy atom. The van der Waals surface area contributed by atoms with Gasteiger partial charge in [-0.1, -0.05) is 19.1 Å². The van der Waals surface area contributed by atoms with Crippen LogP contribution in [0.1, 0.15) is 26.2 Å². The average Bonchev–Trinajstić information content (AvgIpc) is 2.93. The van der Waals surface area contributed by atoms with E-state index < -0.39 is 0 Å². The van der Waals surface area contributed by atoms with Crippen molar-refractivity contribution in [1.82, 2.24) is 15.5 Å². The molecule has 0 aliphatic carbocycles. The molecular weight excluding hydrogens is 242 g/mol. The van der Waals surface area contributed by atoms with Crippen LogP contribution in [0.3, 0.4) is 0 Å². The number of nitrogens with zero attached hydrogens (tertiary/aromatic N) is 2. The number of aromatic nitrogens is 2. The van der Waals surface area contributed by atoms with E-state index in [4.69, 9.17) is 9.15 Å². The third-order valence-electron chi connectivity index (χ3n) is 3.02. The van der Waals surface area contributed by atoms with Crippen LogP contribution in [0.2, 0.25) is 0 Å². The molecule has 1 unspecified atom stereocenters. The molecule has 0 spiro atoms. The van der Waals surface area contributed by atoms with Crippen LogP contribution < -0.4 is 10.1 Å². The molecule has 0 fully saturated rings. The number of methoxy groups -OCH3 is 1. The van der Waals surface area contributed by atoms with Crippen molar-refractivity contribution in [1.29, 1.82) is 0 Å². The molecule has 0 saturated carbocycles. The summed E-state index contributed by atoms with van der Waals surface area (Å²) in [5.41, 5.74) is 0.812. The molecule has 2 rings (SSSR count). The molecule has 0 bridgehead atoms. The molecule has 102 valence electrons. The fraction of sp³-hybridized carbons (Fsp3) is 0.429. The molecule has 1 aromatic heterocycles. The minimum absolute atomic E-state index is 0.432. The fourth-order valence-electron chi connectivity index (χ4n) is 1.66. The maximum Gasteiger partial charge on any atom is 0.251 e. The number of benzene rings is 1. The average molecular weight is 261 g/mol. The van der Waals surface area contributed by atoms with Crippen molar-refractivity contribution >= 4 is 0 Å². The molecule has 0 saturated heterocycles. The lowest BCUT2D eigenvalue weighted by Crippen LogP contribution is -2.24. The Bertz CT molecular complexity index is 525. The highest BCUT2D eigenvalue weighted by atomic mass is 16.5. The molecule has 0 amide bonds. The van der Waals surface area contributed by atoms with Crippen molar-refractivity contribution in [2.75, 3.05) is 7.11 Å². The fourth-order valence-corrected chi connectivity index (χ4v) is 1.66. The number of rotatable bonds is 6. The second kappa shape index (κ2) is 6.33. The zero-order valence-corrected chi connectivity index (χ0v) is 11.5. The zero-order valence-electron chi connectivity index (χ0n) is 11.5. The lowest BCUT2D eigenvalue weighted by atomic mass is 10.2. The highest BCUT2D eigenvalue weighted by Crippen LogP contribution is 2.28. The van der Waals surface area contributed by atoms with Gasteiger partial charge in [0.05, 0.1) is 19.2 Å². The third-order valence-corrected chi connectivity index (χ3v) is 3.02. The molecule has 0 radical (unpaired) electrons. The molecule has 0 aliphatic rings. The van der Waals surface area contributed by atoms with Gasteiger partial charge in [-0.05, 0) is 25.5 Å². The van der Waals surface area contributed by atoms with Crippen LogP contribution in [-0.2, 0) is 6.54 Å². The Kier molecular flexibility index (Phi) is 4.52.